The van der Waals surface area contributed by atoms with E-state index in [0.29, 0.717) is 39.7 Å². The molecule has 8 heteroatoms. The number of rotatable bonds is 7. The summed E-state index contributed by atoms with van der Waals surface area (Å²) >= 11 is 3.06. The summed E-state index contributed by atoms with van der Waals surface area (Å²) in [6.07, 6.45) is 1.68. The highest BCUT2D eigenvalue weighted by atomic mass is 127. The van der Waals surface area contributed by atoms with Crippen molar-refractivity contribution in [2.45, 2.75) is 13.2 Å². The van der Waals surface area contributed by atoms with Gasteiger partial charge in [-0.3, -0.25) is 14.5 Å². The van der Waals surface area contributed by atoms with Crippen molar-refractivity contribution in [3.63, 3.8) is 0 Å². The van der Waals surface area contributed by atoms with Crippen LogP contribution in [0.5, 0.6) is 11.5 Å². The molecule has 1 fully saturated rings. The van der Waals surface area contributed by atoms with E-state index in [4.69, 9.17) is 9.47 Å². The molecule has 1 aliphatic heterocycles. The van der Waals surface area contributed by atoms with Gasteiger partial charge in [-0.05, 0) is 92.2 Å². The standard InChI is InChI=1S/C30H21IN2O4S/c1-36-26-14-20(13-25(31)28(26)37-18-19-10-11-21-6-2-3-7-22(21)12-19)15-27-29(34)33(30(35)38-27)17-24-9-5-4-8-23(24)16-32/h2-15H,17-18H2,1H3/b27-15+. The summed E-state index contributed by atoms with van der Waals surface area (Å²) in [7, 11) is 1.57. The number of hydrogen-bond donors (Lipinski definition) is 0. The van der Waals surface area contributed by atoms with E-state index in [1.807, 2.05) is 24.3 Å². The Morgan fingerprint density at radius 3 is 2.55 bits per heavy atom. The fourth-order valence-corrected chi connectivity index (χ4v) is 5.79. The summed E-state index contributed by atoms with van der Waals surface area (Å²) in [6.45, 7) is 0.424. The second-order valence-electron chi connectivity index (χ2n) is 8.54. The molecule has 6 nitrogen and oxygen atoms in total. The molecule has 188 valence electrons. The van der Waals surface area contributed by atoms with Crippen LogP contribution in [0.1, 0.15) is 22.3 Å². The highest BCUT2D eigenvalue weighted by molar-refractivity contribution is 14.1. The second kappa shape index (κ2) is 11.3. The molecular weight excluding hydrogens is 611 g/mol. The molecule has 0 atom stereocenters. The van der Waals surface area contributed by atoms with Gasteiger partial charge in [-0.25, -0.2) is 0 Å². The Hall–Kier alpha value is -3.81. The lowest BCUT2D eigenvalue weighted by Gasteiger charge is -2.14. The smallest absolute Gasteiger partial charge is 0.293 e. The lowest BCUT2D eigenvalue weighted by Crippen LogP contribution is -2.27. The molecule has 5 rings (SSSR count). The summed E-state index contributed by atoms with van der Waals surface area (Å²) in [5.74, 6) is 0.754. The number of nitriles is 1. The van der Waals surface area contributed by atoms with Gasteiger partial charge in [-0.15, -0.1) is 0 Å². The lowest BCUT2D eigenvalue weighted by molar-refractivity contribution is -0.123. The summed E-state index contributed by atoms with van der Waals surface area (Å²) in [5.41, 5.74) is 2.82. The molecule has 0 aliphatic carbocycles. The minimum absolute atomic E-state index is 0.0497. The van der Waals surface area contributed by atoms with Gasteiger partial charge in [0.25, 0.3) is 11.1 Å². The van der Waals surface area contributed by atoms with E-state index in [0.717, 1.165) is 31.2 Å². The number of amides is 2. The number of carbonyl (C=O) groups is 2. The molecule has 1 heterocycles. The zero-order valence-corrected chi connectivity index (χ0v) is 23.3. The number of benzene rings is 4. The number of imide groups is 1. The zero-order chi connectivity index (χ0) is 26.6. The molecule has 0 saturated carbocycles. The first-order valence-electron chi connectivity index (χ1n) is 11.7. The van der Waals surface area contributed by atoms with Gasteiger partial charge in [0.2, 0.25) is 0 Å². The van der Waals surface area contributed by atoms with E-state index in [1.54, 1.807) is 43.5 Å². The number of nitrogens with zero attached hydrogens (tertiary/aromatic N) is 2. The van der Waals surface area contributed by atoms with Crippen LogP contribution in [0, 0.1) is 14.9 Å². The average Bonchev–Trinajstić information content (AvgIpc) is 3.19. The molecule has 4 aromatic carbocycles. The number of ether oxygens (including phenoxy) is 2. The number of fused-ring (bicyclic) bond motifs is 1. The van der Waals surface area contributed by atoms with Crippen LogP contribution < -0.4 is 9.47 Å². The first-order valence-corrected chi connectivity index (χ1v) is 13.6. The van der Waals surface area contributed by atoms with Crippen LogP contribution in [0.4, 0.5) is 4.79 Å². The first-order chi connectivity index (χ1) is 18.5. The van der Waals surface area contributed by atoms with Gasteiger partial charge < -0.3 is 9.47 Å². The summed E-state index contributed by atoms with van der Waals surface area (Å²) in [4.78, 5) is 27.2. The maximum Gasteiger partial charge on any atom is 0.293 e. The van der Waals surface area contributed by atoms with Crippen LogP contribution in [-0.4, -0.2) is 23.2 Å². The molecule has 1 saturated heterocycles. The molecule has 0 radical (unpaired) electrons. The van der Waals surface area contributed by atoms with E-state index in [9.17, 15) is 14.9 Å². The quantitative estimate of drug-likeness (QED) is 0.159. The van der Waals surface area contributed by atoms with E-state index < -0.39 is 5.91 Å². The Balaban J connectivity index is 1.35. The molecule has 1 aliphatic rings. The van der Waals surface area contributed by atoms with Crippen molar-refractivity contribution in [1.29, 1.82) is 5.26 Å². The SMILES string of the molecule is COc1cc(/C=C2/SC(=O)N(Cc3ccccc3C#N)C2=O)cc(I)c1OCc1ccc2ccccc2c1. The number of hydrogen-bond acceptors (Lipinski definition) is 6. The fraction of sp³-hybridized carbons (Fsp3) is 0.100. The minimum atomic E-state index is -0.390. The van der Waals surface area contributed by atoms with Crippen molar-refractivity contribution in [3.8, 4) is 17.6 Å². The first kappa shape index (κ1) is 25.8. The predicted octanol–water partition coefficient (Wildman–Crippen LogP) is 7.14. The van der Waals surface area contributed by atoms with Gasteiger partial charge in [-0.2, -0.15) is 5.26 Å². The van der Waals surface area contributed by atoms with Gasteiger partial charge in [0, 0.05) is 0 Å². The van der Waals surface area contributed by atoms with Crippen LogP contribution in [0.3, 0.4) is 0 Å². The molecule has 4 aromatic rings. The summed E-state index contributed by atoms with van der Waals surface area (Å²) in [6, 6.07) is 27.1. The van der Waals surface area contributed by atoms with Crippen molar-refractivity contribution in [2.75, 3.05) is 7.11 Å². The molecule has 0 N–H and O–H groups in total. The highest BCUT2D eigenvalue weighted by Gasteiger charge is 2.35. The Bertz CT molecular complexity index is 1640. The van der Waals surface area contributed by atoms with Gasteiger partial charge >= 0.3 is 0 Å². The third-order valence-electron chi connectivity index (χ3n) is 6.09. The third kappa shape index (κ3) is 5.39. The molecule has 38 heavy (non-hydrogen) atoms. The maximum atomic E-state index is 13.1. The molecular formula is C30H21IN2O4S. The molecule has 0 unspecified atom stereocenters. The fourth-order valence-electron chi connectivity index (χ4n) is 4.17. The van der Waals surface area contributed by atoms with E-state index in [1.165, 1.54) is 5.39 Å². The van der Waals surface area contributed by atoms with Crippen LogP contribution in [0.2, 0.25) is 0 Å². The molecule has 0 aromatic heterocycles. The van der Waals surface area contributed by atoms with Gasteiger partial charge in [0.15, 0.2) is 11.5 Å². The number of halogens is 1. The summed E-state index contributed by atoms with van der Waals surface area (Å²) < 4.78 is 12.6. The van der Waals surface area contributed by atoms with Crippen molar-refractivity contribution >= 4 is 62.3 Å². The Morgan fingerprint density at radius 1 is 1.00 bits per heavy atom. The zero-order valence-electron chi connectivity index (χ0n) is 20.3. The monoisotopic (exact) mass is 632 g/mol. The minimum Gasteiger partial charge on any atom is -0.493 e. The normalized spacial score (nSPS) is 14.2. The van der Waals surface area contributed by atoms with E-state index in [2.05, 4.69) is 52.9 Å². The number of thioether (sulfide) groups is 1. The summed E-state index contributed by atoms with van der Waals surface area (Å²) in [5, 5.41) is 11.3. The second-order valence-corrected chi connectivity index (χ2v) is 10.7. The van der Waals surface area contributed by atoms with Gasteiger partial charge in [-0.1, -0.05) is 54.6 Å². The van der Waals surface area contributed by atoms with Crippen LogP contribution in [-0.2, 0) is 17.9 Å². The largest absolute Gasteiger partial charge is 0.493 e. The molecule has 2 amide bonds. The third-order valence-corrected chi connectivity index (χ3v) is 7.80. The van der Waals surface area contributed by atoms with Crippen molar-refractivity contribution in [1.82, 2.24) is 4.90 Å². The lowest BCUT2D eigenvalue weighted by atomic mass is 10.1. The molecule has 0 spiro atoms. The highest BCUT2D eigenvalue weighted by Crippen LogP contribution is 2.38. The predicted molar refractivity (Wildman–Crippen MR) is 157 cm³/mol. The van der Waals surface area contributed by atoms with Crippen LogP contribution in [0.15, 0.2) is 83.8 Å². The maximum absolute atomic E-state index is 13.1. The topological polar surface area (TPSA) is 79.6 Å². The number of carbonyl (C=O) groups excluding carboxylic acids is 2. The Morgan fingerprint density at radius 2 is 1.76 bits per heavy atom. The van der Waals surface area contributed by atoms with Crippen molar-refractivity contribution in [3.05, 3.63) is 110 Å². The van der Waals surface area contributed by atoms with Crippen molar-refractivity contribution < 1.29 is 19.1 Å². The van der Waals surface area contributed by atoms with E-state index in [-0.39, 0.29) is 11.8 Å². The Kier molecular flexibility index (Phi) is 7.67. The number of methoxy groups -OCH3 is 1. The molecule has 0 bridgehead atoms. The van der Waals surface area contributed by atoms with Crippen LogP contribution >= 0.6 is 34.4 Å². The Labute approximate surface area is 238 Å². The van der Waals surface area contributed by atoms with E-state index >= 15 is 0 Å². The van der Waals surface area contributed by atoms with Gasteiger partial charge in [0.05, 0.1) is 33.8 Å². The van der Waals surface area contributed by atoms with Crippen LogP contribution in [0.25, 0.3) is 16.8 Å². The average molecular weight is 632 g/mol. The van der Waals surface area contributed by atoms with Crippen molar-refractivity contribution in [2.24, 2.45) is 0 Å². The van der Waals surface area contributed by atoms with Gasteiger partial charge in [0.1, 0.15) is 6.61 Å².